The molecule has 4 fully saturated rings. The van der Waals surface area contributed by atoms with E-state index in [1.54, 1.807) is 97.0 Å². The summed E-state index contributed by atoms with van der Waals surface area (Å²) in [6.45, 7) is 16.4. The van der Waals surface area contributed by atoms with Gasteiger partial charge in [0.2, 0.25) is 6.10 Å². The van der Waals surface area contributed by atoms with E-state index in [9.17, 15) is 24.3 Å². The smallest absolute Gasteiger partial charge is 0.455 e. The first-order chi connectivity index (χ1) is 35.3. The number of carbonyl (C=O) groups excluding carboxylic acids is 6. The highest BCUT2D eigenvalue weighted by molar-refractivity contribution is 5.94. The molecule has 1 amide bonds. The molecule has 5 aliphatic rings. The number of hydrogen-bond donors (Lipinski definition) is 2. The lowest BCUT2D eigenvalue weighted by atomic mass is 9.44. The molecule has 12 atom stereocenters. The number of ether oxygens (including phenoxy) is 11. The Morgan fingerprint density at radius 2 is 1.55 bits per heavy atom. The van der Waals surface area contributed by atoms with Gasteiger partial charge in [0.05, 0.1) is 36.2 Å². The Morgan fingerprint density at radius 1 is 0.907 bits per heavy atom. The maximum Gasteiger partial charge on any atom is 0.509 e. The summed E-state index contributed by atoms with van der Waals surface area (Å²) < 4.78 is 67.2. The number of ketones is 1. The Labute approximate surface area is 438 Å². The zero-order chi connectivity index (χ0) is 54.9. The van der Waals surface area contributed by atoms with Crippen LogP contribution in [0.3, 0.4) is 0 Å². The summed E-state index contributed by atoms with van der Waals surface area (Å²) in [6, 6.07) is 14.8. The molecule has 75 heavy (non-hydrogen) atoms. The maximum atomic E-state index is 15.9. The topological polar surface area (TPSA) is 236 Å². The predicted octanol–water partition coefficient (Wildman–Crippen LogP) is 7.44. The summed E-state index contributed by atoms with van der Waals surface area (Å²) in [6.07, 6.45) is -9.03. The zero-order valence-electron chi connectivity index (χ0n) is 45.2. The Balaban J connectivity index is 1.35. The van der Waals surface area contributed by atoms with Gasteiger partial charge in [-0.1, -0.05) is 89.1 Å². The molecule has 0 aromatic heterocycles. The zero-order valence-corrected chi connectivity index (χ0v) is 45.2. The van der Waals surface area contributed by atoms with Gasteiger partial charge in [-0.05, 0) is 63.5 Å². The molecule has 0 unspecified atom stereocenters. The SMILES string of the molecule is CCCC1(CCC)OC[C@H](COC(=O)O[C@@H](C(=O)O[C@H]2C[C@@]3(O)[C@@H](OC(=O)c4ccccc4)[C@@H]4[C@]5(OC(C)=O)CO[C@@H]5C[C@H](OC)[C@@]4(C)C(=O)[C@H](OC)C(=C2C)C3(C)C)[C@@H](NC(=O)OC(C)(C)C)c2ccccc2)O1. The van der Waals surface area contributed by atoms with Crippen molar-refractivity contribution in [3.8, 4) is 0 Å². The number of Topliss-reactive ketones (excluding diaryl/α,β-unsaturated/α-hetero) is 1. The number of fused-ring (bicyclic) bond motifs is 5. The number of rotatable bonds is 17. The van der Waals surface area contributed by atoms with Crippen LogP contribution < -0.4 is 5.32 Å². The van der Waals surface area contributed by atoms with E-state index in [0.717, 1.165) is 12.8 Å². The highest BCUT2D eigenvalue weighted by Crippen LogP contribution is 2.65. The van der Waals surface area contributed by atoms with Gasteiger partial charge < -0.3 is 62.5 Å². The van der Waals surface area contributed by atoms with Crippen LogP contribution in [0.2, 0.25) is 0 Å². The van der Waals surface area contributed by atoms with Crippen LogP contribution in [-0.2, 0) is 66.5 Å². The van der Waals surface area contributed by atoms with Crippen LogP contribution in [-0.4, -0.2) is 140 Å². The molecule has 2 aromatic rings. The molecule has 2 aromatic carbocycles. The van der Waals surface area contributed by atoms with Gasteiger partial charge in [-0.25, -0.2) is 19.2 Å². The van der Waals surface area contributed by atoms with Gasteiger partial charge in [0.1, 0.15) is 54.4 Å². The van der Waals surface area contributed by atoms with Crippen molar-refractivity contribution in [3.05, 3.63) is 82.9 Å². The molecule has 2 aliphatic heterocycles. The van der Waals surface area contributed by atoms with Gasteiger partial charge in [-0.3, -0.25) is 9.59 Å². The third kappa shape index (κ3) is 10.9. The maximum absolute atomic E-state index is 15.9. The van der Waals surface area contributed by atoms with Crippen LogP contribution in [0.1, 0.15) is 130 Å². The molecular weight excluding hydrogens is 975 g/mol. The number of alkyl carbamates (subject to hydrolysis) is 1. The van der Waals surface area contributed by atoms with Crippen LogP contribution in [0.25, 0.3) is 0 Å². The quantitative estimate of drug-likeness (QED) is 0.0889. The minimum absolute atomic E-state index is 0.0854. The Kier molecular flexibility index (Phi) is 17.0. The standard InChI is InChI=1S/C56H75NO18/c1-13-25-54(26-14-2)69-30-36(74-54)29-67-50(63)71-43(41(34-21-17-15-18-22-34)57-49(62)75-51(5,6)7)48(61)70-37-28-56(64)46(72-47(60)35-23-19-16-20-24-35)44-53(10,45(59)42(66-12)40(32(37)3)52(56,8)9)38(65-11)27-39-55(44,31-68-39)73-33(4)58/h15-24,36-39,41-44,46,64H,13-14,25-31H2,1-12H3,(H,57,62)/t36-,37-,38-,39+,41-,42+,43+,44-,46-,53+,55-,56+/m0/s1. The highest BCUT2D eigenvalue weighted by Gasteiger charge is 2.78. The van der Waals surface area contributed by atoms with E-state index in [-0.39, 0.29) is 43.0 Å². The van der Waals surface area contributed by atoms with E-state index in [0.29, 0.717) is 18.4 Å². The number of nitrogens with one attached hydrogen (secondary N) is 1. The molecule has 19 heteroatoms. The normalized spacial score (nSPS) is 31.4. The molecule has 2 heterocycles. The number of carbonyl (C=O) groups is 6. The van der Waals surface area contributed by atoms with Crippen LogP contribution in [0.4, 0.5) is 9.59 Å². The number of methoxy groups -OCH3 is 2. The predicted molar refractivity (Wildman–Crippen MR) is 267 cm³/mol. The van der Waals surface area contributed by atoms with Gasteiger partial charge in [-0.2, -0.15) is 0 Å². The first kappa shape index (κ1) is 57.3. The average Bonchev–Trinajstić information content (AvgIpc) is 3.75. The summed E-state index contributed by atoms with van der Waals surface area (Å²) in [7, 11) is 2.76. The van der Waals surface area contributed by atoms with Crippen molar-refractivity contribution in [2.45, 2.75) is 179 Å². The molecule has 7 rings (SSSR count). The Bertz CT molecular complexity index is 2450. The largest absolute Gasteiger partial charge is 0.509 e. The fourth-order valence-electron chi connectivity index (χ4n) is 12.3. The second kappa shape index (κ2) is 22.3. The van der Waals surface area contributed by atoms with Crippen LogP contribution in [0.15, 0.2) is 71.8 Å². The Hall–Kier alpha value is -5.44. The van der Waals surface area contributed by atoms with Crippen molar-refractivity contribution in [2.24, 2.45) is 16.7 Å². The minimum Gasteiger partial charge on any atom is -0.455 e. The Morgan fingerprint density at radius 3 is 2.11 bits per heavy atom. The highest BCUT2D eigenvalue weighted by atomic mass is 16.8. The second-order valence-corrected chi connectivity index (χ2v) is 22.1. The van der Waals surface area contributed by atoms with E-state index < -0.39 is 130 Å². The fourth-order valence-corrected chi connectivity index (χ4v) is 12.3. The lowest BCUT2D eigenvalue weighted by Crippen LogP contribution is -2.82. The second-order valence-electron chi connectivity index (χ2n) is 22.1. The monoisotopic (exact) mass is 1050 g/mol. The van der Waals surface area contributed by atoms with E-state index in [1.807, 2.05) is 13.8 Å². The fraction of sp³-hybridized carbons (Fsp3) is 0.643. The molecule has 2 saturated carbocycles. The van der Waals surface area contributed by atoms with Crippen LogP contribution in [0, 0.1) is 16.7 Å². The number of aliphatic hydroxyl groups is 1. The molecule has 0 radical (unpaired) electrons. The van der Waals surface area contributed by atoms with E-state index in [1.165, 1.54) is 33.3 Å². The lowest BCUT2D eigenvalue weighted by molar-refractivity contribution is -0.347. The molecule has 412 valence electrons. The van der Waals surface area contributed by atoms with Crippen molar-refractivity contribution < 1.29 is 86.0 Å². The molecule has 2 saturated heterocycles. The van der Waals surface area contributed by atoms with E-state index in [4.69, 9.17) is 52.1 Å². The van der Waals surface area contributed by atoms with Gasteiger partial charge >= 0.3 is 30.2 Å². The number of benzene rings is 2. The van der Waals surface area contributed by atoms with Crippen molar-refractivity contribution in [2.75, 3.05) is 34.0 Å². The number of amides is 1. The average molecular weight is 1050 g/mol. The number of hydrogen-bond acceptors (Lipinski definition) is 18. The van der Waals surface area contributed by atoms with Gasteiger partial charge in [-0.15, -0.1) is 0 Å². The van der Waals surface area contributed by atoms with Gasteiger partial charge in [0, 0.05) is 52.2 Å². The van der Waals surface area contributed by atoms with Crippen molar-refractivity contribution in [1.82, 2.24) is 5.32 Å². The molecule has 19 nitrogen and oxygen atoms in total. The summed E-state index contributed by atoms with van der Waals surface area (Å²) in [5.74, 6) is -5.57. The van der Waals surface area contributed by atoms with E-state index in [2.05, 4.69) is 5.32 Å². The summed E-state index contributed by atoms with van der Waals surface area (Å²) in [4.78, 5) is 86.7. The summed E-state index contributed by atoms with van der Waals surface area (Å²) in [5, 5.41) is 16.8. The summed E-state index contributed by atoms with van der Waals surface area (Å²) in [5.41, 5.74) is -7.34. The first-order valence-corrected chi connectivity index (χ1v) is 25.9. The summed E-state index contributed by atoms with van der Waals surface area (Å²) >= 11 is 0. The van der Waals surface area contributed by atoms with Crippen molar-refractivity contribution in [1.29, 1.82) is 0 Å². The van der Waals surface area contributed by atoms with Gasteiger partial charge in [0.15, 0.2) is 17.2 Å². The molecule has 0 spiro atoms. The van der Waals surface area contributed by atoms with E-state index >= 15 is 9.59 Å². The molecule has 2 N–H and O–H groups in total. The van der Waals surface area contributed by atoms with Gasteiger partial charge in [0.25, 0.3) is 0 Å². The molecule has 3 aliphatic carbocycles. The molecular formula is C56H75NO18. The minimum atomic E-state index is -2.32. The third-order valence-corrected chi connectivity index (χ3v) is 15.8. The molecule has 2 bridgehead atoms. The van der Waals surface area contributed by atoms with Crippen LogP contribution >= 0.6 is 0 Å². The third-order valence-electron chi connectivity index (χ3n) is 15.8. The van der Waals surface area contributed by atoms with Crippen LogP contribution in [0.5, 0.6) is 0 Å². The van der Waals surface area contributed by atoms with Crippen molar-refractivity contribution >= 4 is 35.9 Å². The lowest BCUT2D eigenvalue weighted by Gasteiger charge is -2.67. The van der Waals surface area contributed by atoms with Crippen molar-refractivity contribution in [3.63, 3.8) is 0 Å². The number of esters is 3. The first-order valence-electron chi connectivity index (χ1n) is 25.9.